The van der Waals surface area contributed by atoms with Crippen molar-refractivity contribution in [1.82, 2.24) is 4.98 Å². The maximum atomic E-state index is 10.9. The van der Waals surface area contributed by atoms with Crippen molar-refractivity contribution in [2.24, 2.45) is 0 Å². The Kier molecular flexibility index (Phi) is 1.68. The maximum Gasteiger partial charge on any atom is 0.132 e. The van der Waals surface area contributed by atoms with E-state index >= 15 is 0 Å². The second-order valence-electron chi connectivity index (χ2n) is 3.34. The molecule has 1 aliphatic carbocycles. The van der Waals surface area contributed by atoms with Gasteiger partial charge in [0.1, 0.15) is 6.29 Å². The van der Waals surface area contributed by atoms with E-state index in [1.807, 2.05) is 18.2 Å². The van der Waals surface area contributed by atoms with Crippen LogP contribution in [0.1, 0.15) is 25.0 Å². The fourth-order valence-electron chi connectivity index (χ4n) is 1.65. The van der Waals surface area contributed by atoms with Crippen LogP contribution in [0.25, 0.3) is 0 Å². The fraction of sp³-hybridized carbons (Fsp3) is 0.400. The number of carbonyl (C=O) groups is 1. The molecule has 1 aromatic rings. The normalized spacial score (nSPS) is 19.7. The molecule has 1 saturated carbocycles. The smallest absolute Gasteiger partial charge is 0.132 e. The maximum absolute atomic E-state index is 10.9. The van der Waals surface area contributed by atoms with Crippen LogP contribution in [-0.2, 0) is 10.2 Å². The predicted molar refractivity (Wildman–Crippen MR) is 45.8 cm³/mol. The van der Waals surface area contributed by atoms with Crippen molar-refractivity contribution in [3.63, 3.8) is 0 Å². The van der Waals surface area contributed by atoms with Crippen molar-refractivity contribution in [1.29, 1.82) is 0 Å². The van der Waals surface area contributed by atoms with E-state index in [0.29, 0.717) is 0 Å². The van der Waals surface area contributed by atoms with Crippen molar-refractivity contribution in [2.45, 2.75) is 24.7 Å². The molecule has 0 spiro atoms. The van der Waals surface area contributed by atoms with E-state index in [9.17, 15) is 4.79 Å². The number of aromatic nitrogens is 1. The molecule has 0 aromatic carbocycles. The molecular weight excluding hydrogens is 150 g/mol. The van der Waals surface area contributed by atoms with Gasteiger partial charge in [0.05, 0.1) is 11.1 Å². The van der Waals surface area contributed by atoms with Gasteiger partial charge >= 0.3 is 0 Å². The molecule has 0 unspecified atom stereocenters. The highest BCUT2D eigenvalue weighted by atomic mass is 16.1. The summed E-state index contributed by atoms with van der Waals surface area (Å²) in [5.41, 5.74) is 0.701. The summed E-state index contributed by atoms with van der Waals surface area (Å²) in [6.07, 6.45) is 5.88. The van der Waals surface area contributed by atoms with Gasteiger partial charge in [0, 0.05) is 6.20 Å². The lowest BCUT2D eigenvalue weighted by Crippen LogP contribution is -2.36. The number of hydrogen-bond donors (Lipinski definition) is 0. The highest BCUT2D eigenvalue weighted by molar-refractivity contribution is 5.69. The van der Waals surface area contributed by atoms with Crippen molar-refractivity contribution in [3.05, 3.63) is 30.1 Å². The zero-order valence-corrected chi connectivity index (χ0v) is 6.86. The topological polar surface area (TPSA) is 30.0 Å². The van der Waals surface area contributed by atoms with E-state index in [2.05, 4.69) is 4.98 Å². The molecule has 1 aliphatic rings. The summed E-state index contributed by atoms with van der Waals surface area (Å²) in [6.45, 7) is 0. The fourth-order valence-corrected chi connectivity index (χ4v) is 1.65. The highest BCUT2D eigenvalue weighted by Crippen LogP contribution is 2.40. The third-order valence-electron chi connectivity index (χ3n) is 2.65. The molecule has 1 aromatic heterocycles. The number of rotatable bonds is 2. The van der Waals surface area contributed by atoms with Gasteiger partial charge in [0.15, 0.2) is 0 Å². The van der Waals surface area contributed by atoms with Gasteiger partial charge in [0.25, 0.3) is 0 Å². The van der Waals surface area contributed by atoms with Gasteiger partial charge in [-0.05, 0) is 25.0 Å². The quantitative estimate of drug-likeness (QED) is 0.618. The van der Waals surface area contributed by atoms with Gasteiger partial charge in [0.2, 0.25) is 0 Å². The lowest BCUT2D eigenvalue weighted by molar-refractivity contribution is -0.115. The molecule has 0 N–H and O–H groups in total. The number of hydrogen-bond acceptors (Lipinski definition) is 2. The van der Waals surface area contributed by atoms with E-state index in [1.165, 1.54) is 0 Å². The summed E-state index contributed by atoms with van der Waals surface area (Å²) in [5.74, 6) is 0. The minimum absolute atomic E-state index is 0.235. The summed E-state index contributed by atoms with van der Waals surface area (Å²) < 4.78 is 0. The SMILES string of the molecule is O=CC1(c2ccccn2)CCC1. The van der Waals surface area contributed by atoms with E-state index in [1.54, 1.807) is 6.20 Å². The van der Waals surface area contributed by atoms with Crippen molar-refractivity contribution >= 4 is 6.29 Å². The lowest BCUT2D eigenvalue weighted by atomic mass is 9.67. The summed E-state index contributed by atoms with van der Waals surface area (Å²) in [6, 6.07) is 5.75. The lowest BCUT2D eigenvalue weighted by Gasteiger charge is -2.35. The van der Waals surface area contributed by atoms with E-state index < -0.39 is 0 Å². The first-order valence-electron chi connectivity index (χ1n) is 4.25. The zero-order valence-electron chi connectivity index (χ0n) is 6.86. The number of nitrogens with zero attached hydrogens (tertiary/aromatic N) is 1. The Morgan fingerprint density at radius 3 is 2.67 bits per heavy atom. The Labute approximate surface area is 71.6 Å². The van der Waals surface area contributed by atoms with Gasteiger partial charge in [-0.1, -0.05) is 12.5 Å². The van der Waals surface area contributed by atoms with Crippen molar-refractivity contribution in [3.8, 4) is 0 Å². The van der Waals surface area contributed by atoms with Gasteiger partial charge in [-0.3, -0.25) is 4.98 Å². The Morgan fingerprint density at radius 1 is 1.42 bits per heavy atom. The van der Waals surface area contributed by atoms with Crippen LogP contribution in [0.5, 0.6) is 0 Å². The van der Waals surface area contributed by atoms with E-state index in [-0.39, 0.29) is 5.41 Å². The van der Waals surface area contributed by atoms with Crippen LogP contribution in [0.15, 0.2) is 24.4 Å². The van der Waals surface area contributed by atoms with E-state index in [4.69, 9.17) is 0 Å². The zero-order chi connectivity index (χ0) is 8.44. The van der Waals surface area contributed by atoms with Gasteiger partial charge in [-0.25, -0.2) is 0 Å². The highest BCUT2D eigenvalue weighted by Gasteiger charge is 2.39. The first kappa shape index (κ1) is 7.47. The Balaban J connectivity index is 2.34. The monoisotopic (exact) mass is 161 g/mol. The molecule has 2 nitrogen and oxygen atoms in total. The minimum Gasteiger partial charge on any atom is -0.302 e. The average molecular weight is 161 g/mol. The minimum atomic E-state index is -0.235. The molecule has 2 rings (SSSR count). The number of pyridine rings is 1. The molecule has 0 amide bonds. The van der Waals surface area contributed by atoms with Crippen molar-refractivity contribution < 1.29 is 4.79 Å². The molecule has 0 radical (unpaired) electrons. The molecule has 1 heterocycles. The Hall–Kier alpha value is -1.18. The Bertz CT molecular complexity index is 277. The summed E-state index contributed by atoms with van der Waals surface area (Å²) in [4.78, 5) is 15.1. The van der Waals surface area contributed by atoms with Gasteiger partial charge in [-0.2, -0.15) is 0 Å². The van der Waals surface area contributed by atoms with E-state index in [0.717, 1.165) is 31.2 Å². The van der Waals surface area contributed by atoms with Crippen LogP contribution in [0.2, 0.25) is 0 Å². The first-order chi connectivity index (χ1) is 5.87. The molecule has 1 fully saturated rings. The van der Waals surface area contributed by atoms with Crippen LogP contribution >= 0.6 is 0 Å². The summed E-state index contributed by atoms with van der Waals surface area (Å²) >= 11 is 0. The third kappa shape index (κ3) is 0.951. The molecular formula is C10H11NO. The standard InChI is InChI=1S/C10H11NO/c12-8-10(5-3-6-10)9-4-1-2-7-11-9/h1-2,4,7-8H,3,5-6H2. The molecule has 0 bridgehead atoms. The molecule has 0 aliphatic heterocycles. The van der Waals surface area contributed by atoms with Crippen LogP contribution in [0, 0.1) is 0 Å². The van der Waals surface area contributed by atoms with Crippen LogP contribution < -0.4 is 0 Å². The third-order valence-corrected chi connectivity index (χ3v) is 2.65. The van der Waals surface area contributed by atoms with Crippen LogP contribution in [0.3, 0.4) is 0 Å². The first-order valence-corrected chi connectivity index (χ1v) is 4.25. The summed E-state index contributed by atoms with van der Waals surface area (Å²) in [7, 11) is 0. The van der Waals surface area contributed by atoms with Crippen LogP contribution in [-0.4, -0.2) is 11.3 Å². The molecule has 62 valence electrons. The molecule has 0 atom stereocenters. The second kappa shape index (κ2) is 2.70. The molecule has 12 heavy (non-hydrogen) atoms. The number of carbonyl (C=O) groups excluding carboxylic acids is 1. The summed E-state index contributed by atoms with van der Waals surface area (Å²) in [5, 5.41) is 0. The average Bonchev–Trinajstić information content (AvgIpc) is 2.05. The van der Waals surface area contributed by atoms with Gasteiger partial charge in [-0.15, -0.1) is 0 Å². The Morgan fingerprint density at radius 2 is 2.25 bits per heavy atom. The molecule has 2 heteroatoms. The van der Waals surface area contributed by atoms with Crippen LogP contribution in [0.4, 0.5) is 0 Å². The predicted octanol–water partition coefficient (Wildman–Crippen LogP) is 1.70. The number of aldehydes is 1. The van der Waals surface area contributed by atoms with Crippen molar-refractivity contribution in [2.75, 3.05) is 0 Å². The molecule has 0 saturated heterocycles. The largest absolute Gasteiger partial charge is 0.302 e. The second-order valence-corrected chi connectivity index (χ2v) is 3.34. The van der Waals surface area contributed by atoms with Gasteiger partial charge < -0.3 is 4.79 Å².